The standard InChI is InChI=1S/C12H19NO3/c1-9(8-14)4-3-7-13-12(15)11-6-5-10(2)16-11/h5-6,9,14H,3-4,7-8H2,1-2H3,(H,13,15). The van der Waals surface area contributed by atoms with Crippen LogP contribution in [0.4, 0.5) is 0 Å². The predicted molar refractivity (Wildman–Crippen MR) is 61.3 cm³/mol. The summed E-state index contributed by atoms with van der Waals surface area (Å²) in [6.45, 7) is 4.60. The Kier molecular flexibility index (Phi) is 5.05. The van der Waals surface area contributed by atoms with Crippen LogP contribution < -0.4 is 5.32 Å². The molecular formula is C12H19NO3. The van der Waals surface area contributed by atoms with Crippen molar-refractivity contribution in [1.82, 2.24) is 5.32 Å². The van der Waals surface area contributed by atoms with E-state index in [4.69, 9.17) is 9.52 Å². The van der Waals surface area contributed by atoms with Crippen LogP contribution in [0.15, 0.2) is 16.5 Å². The number of furan rings is 1. The van der Waals surface area contributed by atoms with Gasteiger partial charge in [-0.25, -0.2) is 0 Å². The molecule has 0 saturated carbocycles. The Morgan fingerprint density at radius 2 is 2.31 bits per heavy atom. The molecule has 0 aliphatic rings. The molecule has 1 rings (SSSR count). The normalized spacial score (nSPS) is 12.4. The van der Waals surface area contributed by atoms with Gasteiger partial charge in [0.05, 0.1) is 0 Å². The molecule has 0 radical (unpaired) electrons. The average Bonchev–Trinajstić information content (AvgIpc) is 2.70. The molecule has 1 atom stereocenters. The number of aliphatic hydroxyl groups is 1. The minimum Gasteiger partial charge on any atom is -0.456 e. The van der Waals surface area contributed by atoms with Gasteiger partial charge in [0.25, 0.3) is 5.91 Å². The molecule has 2 N–H and O–H groups in total. The van der Waals surface area contributed by atoms with Crippen LogP contribution >= 0.6 is 0 Å². The van der Waals surface area contributed by atoms with Gasteiger partial charge in [0.2, 0.25) is 0 Å². The van der Waals surface area contributed by atoms with Crippen molar-refractivity contribution in [2.24, 2.45) is 5.92 Å². The molecule has 90 valence electrons. The Hall–Kier alpha value is -1.29. The van der Waals surface area contributed by atoms with Crippen LogP contribution in [0.1, 0.15) is 36.1 Å². The second-order valence-electron chi connectivity index (χ2n) is 4.10. The third kappa shape index (κ3) is 4.06. The van der Waals surface area contributed by atoms with Crippen molar-refractivity contribution >= 4 is 5.91 Å². The molecule has 0 aliphatic carbocycles. The summed E-state index contributed by atoms with van der Waals surface area (Å²) in [5.74, 6) is 1.21. The van der Waals surface area contributed by atoms with Gasteiger partial charge < -0.3 is 14.8 Å². The third-order valence-electron chi connectivity index (χ3n) is 2.44. The molecule has 0 spiro atoms. The zero-order chi connectivity index (χ0) is 12.0. The number of carbonyl (C=O) groups is 1. The fraction of sp³-hybridized carbons (Fsp3) is 0.583. The van der Waals surface area contributed by atoms with E-state index in [2.05, 4.69) is 5.32 Å². The third-order valence-corrected chi connectivity index (χ3v) is 2.44. The van der Waals surface area contributed by atoms with Gasteiger partial charge in [0.15, 0.2) is 5.76 Å². The highest BCUT2D eigenvalue weighted by Crippen LogP contribution is 2.06. The molecule has 1 aromatic heterocycles. The minimum atomic E-state index is -0.176. The molecule has 0 fully saturated rings. The van der Waals surface area contributed by atoms with Crippen LogP contribution in [0, 0.1) is 12.8 Å². The van der Waals surface area contributed by atoms with Gasteiger partial charge in [0.1, 0.15) is 5.76 Å². The van der Waals surface area contributed by atoms with E-state index in [1.54, 1.807) is 19.1 Å². The zero-order valence-corrected chi connectivity index (χ0v) is 9.82. The SMILES string of the molecule is Cc1ccc(C(=O)NCCCC(C)CO)o1. The number of aliphatic hydroxyl groups excluding tert-OH is 1. The van der Waals surface area contributed by atoms with Crippen molar-refractivity contribution in [1.29, 1.82) is 0 Å². The van der Waals surface area contributed by atoms with Crippen LogP contribution in [0.2, 0.25) is 0 Å². The highest BCUT2D eigenvalue weighted by Gasteiger charge is 2.08. The Morgan fingerprint density at radius 1 is 1.56 bits per heavy atom. The van der Waals surface area contributed by atoms with Crippen molar-refractivity contribution in [3.63, 3.8) is 0 Å². The Morgan fingerprint density at radius 3 is 2.88 bits per heavy atom. The van der Waals surface area contributed by atoms with E-state index in [0.717, 1.165) is 18.6 Å². The van der Waals surface area contributed by atoms with Crippen LogP contribution in [0.25, 0.3) is 0 Å². The van der Waals surface area contributed by atoms with E-state index in [1.807, 2.05) is 6.92 Å². The van der Waals surface area contributed by atoms with E-state index in [-0.39, 0.29) is 12.5 Å². The highest BCUT2D eigenvalue weighted by atomic mass is 16.3. The number of rotatable bonds is 6. The molecule has 4 nitrogen and oxygen atoms in total. The van der Waals surface area contributed by atoms with Crippen LogP contribution in [0.5, 0.6) is 0 Å². The second kappa shape index (κ2) is 6.33. The predicted octanol–water partition coefficient (Wildman–Crippen LogP) is 1.73. The lowest BCUT2D eigenvalue weighted by Crippen LogP contribution is -2.24. The second-order valence-corrected chi connectivity index (χ2v) is 4.10. The lowest BCUT2D eigenvalue weighted by atomic mass is 10.1. The molecule has 1 heterocycles. The summed E-state index contributed by atoms with van der Waals surface area (Å²) in [5, 5.41) is 11.6. The van der Waals surface area contributed by atoms with Gasteiger partial charge in [-0.15, -0.1) is 0 Å². The summed E-state index contributed by atoms with van der Waals surface area (Å²) in [6, 6.07) is 3.43. The first-order valence-electron chi connectivity index (χ1n) is 5.59. The highest BCUT2D eigenvalue weighted by molar-refractivity contribution is 5.91. The Labute approximate surface area is 95.7 Å². The van der Waals surface area contributed by atoms with Crippen LogP contribution in [-0.4, -0.2) is 24.2 Å². The maximum atomic E-state index is 11.5. The van der Waals surface area contributed by atoms with Crippen molar-refractivity contribution in [2.75, 3.05) is 13.2 Å². The van der Waals surface area contributed by atoms with E-state index in [9.17, 15) is 4.79 Å². The molecular weight excluding hydrogens is 206 g/mol. The van der Waals surface area contributed by atoms with Gasteiger partial charge in [-0.2, -0.15) is 0 Å². The molecule has 1 amide bonds. The van der Waals surface area contributed by atoms with Crippen LogP contribution in [-0.2, 0) is 0 Å². The molecule has 1 aromatic rings. The number of nitrogens with one attached hydrogen (secondary N) is 1. The van der Waals surface area contributed by atoms with Gasteiger partial charge in [-0.3, -0.25) is 4.79 Å². The van der Waals surface area contributed by atoms with Crippen LogP contribution in [0.3, 0.4) is 0 Å². The maximum Gasteiger partial charge on any atom is 0.286 e. The summed E-state index contributed by atoms with van der Waals surface area (Å²) in [7, 11) is 0. The Balaban J connectivity index is 2.21. The summed E-state index contributed by atoms with van der Waals surface area (Å²) in [6.07, 6.45) is 1.78. The van der Waals surface area contributed by atoms with Gasteiger partial charge in [0, 0.05) is 13.2 Å². The first kappa shape index (κ1) is 12.8. The number of carbonyl (C=O) groups excluding carboxylic acids is 1. The quantitative estimate of drug-likeness (QED) is 0.725. The van der Waals surface area contributed by atoms with Crippen molar-refractivity contribution in [3.05, 3.63) is 23.7 Å². The number of hydrogen-bond donors (Lipinski definition) is 2. The lowest BCUT2D eigenvalue weighted by Gasteiger charge is -2.07. The van der Waals surface area contributed by atoms with E-state index in [1.165, 1.54) is 0 Å². The first-order valence-corrected chi connectivity index (χ1v) is 5.59. The monoisotopic (exact) mass is 225 g/mol. The molecule has 16 heavy (non-hydrogen) atoms. The molecule has 0 saturated heterocycles. The smallest absolute Gasteiger partial charge is 0.286 e. The van der Waals surface area contributed by atoms with E-state index >= 15 is 0 Å². The molecule has 0 bridgehead atoms. The van der Waals surface area contributed by atoms with Crippen molar-refractivity contribution in [2.45, 2.75) is 26.7 Å². The number of aryl methyl sites for hydroxylation is 1. The lowest BCUT2D eigenvalue weighted by molar-refractivity contribution is 0.0923. The van der Waals surface area contributed by atoms with Gasteiger partial charge in [-0.05, 0) is 37.8 Å². The molecule has 0 aliphatic heterocycles. The van der Waals surface area contributed by atoms with Gasteiger partial charge >= 0.3 is 0 Å². The molecule has 0 aromatic carbocycles. The molecule has 4 heteroatoms. The summed E-state index contributed by atoms with van der Waals surface area (Å²) < 4.78 is 5.19. The summed E-state index contributed by atoms with van der Waals surface area (Å²) in [5.41, 5.74) is 0. The average molecular weight is 225 g/mol. The summed E-state index contributed by atoms with van der Waals surface area (Å²) >= 11 is 0. The molecule has 1 unspecified atom stereocenters. The number of hydrogen-bond acceptors (Lipinski definition) is 3. The van der Waals surface area contributed by atoms with Crippen molar-refractivity contribution < 1.29 is 14.3 Å². The van der Waals surface area contributed by atoms with E-state index < -0.39 is 0 Å². The first-order chi connectivity index (χ1) is 7.63. The minimum absolute atomic E-state index is 0.176. The topological polar surface area (TPSA) is 62.5 Å². The maximum absolute atomic E-state index is 11.5. The van der Waals surface area contributed by atoms with E-state index in [0.29, 0.717) is 18.2 Å². The van der Waals surface area contributed by atoms with Crippen molar-refractivity contribution in [3.8, 4) is 0 Å². The largest absolute Gasteiger partial charge is 0.456 e. The fourth-order valence-corrected chi connectivity index (χ4v) is 1.39. The van der Waals surface area contributed by atoms with Gasteiger partial charge in [-0.1, -0.05) is 6.92 Å². The summed E-state index contributed by atoms with van der Waals surface area (Å²) in [4.78, 5) is 11.5. The fourth-order valence-electron chi connectivity index (χ4n) is 1.39. The Bertz CT molecular complexity index is 333. The zero-order valence-electron chi connectivity index (χ0n) is 9.82. The number of amides is 1.